The predicted octanol–water partition coefficient (Wildman–Crippen LogP) is 1.43. The van der Waals surface area contributed by atoms with E-state index in [1.807, 2.05) is 13.0 Å². The fraction of sp³-hybridized carbons (Fsp3) is 0.182. The summed E-state index contributed by atoms with van der Waals surface area (Å²) in [6, 6.07) is 7.13. The third-order valence-corrected chi connectivity index (χ3v) is 2.40. The summed E-state index contributed by atoms with van der Waals surface area (Å²) in [5.74, 6) is 0.730. The number of anilines is 2. The average Bonchev–Trinajstić information content (AvgIpc) is 2.85. The monoisotopic (exact) mass is 228 g/mol. The van der Waals surface area contributed by atoms with Crippen LogP contribution in [0.2, 0.25) is 0 Å². The molecule has 1 unspecified atom stereocenters. The summed E-state index contributed by atoms with van der Waals surface area (Å²) < 4.78 is 0. The van der Waals surface area contributed by atoms with Crippen LogP contribution in [0, 0.1) is 11.3 Å². The van der Waals surface area contributed by atoms with Gasteiger partial charge in [-0.15, -0.1) is 0 Å². The molecule has 86 valence electrons. The van der Waals surface area contributed by atoms with Crippen molar-refractivity contribution in [3.05, 3.63) is 35.9 Å². The van der Waals surface area contributed by atoms with Crippen LogP contribution in [0.5, 0.6) is 0 Å². The van der Waals surface area contributed by atoms with E-state index in [-0.39, 0.29) is 6.04 Å². The lowest BCUT2D eigenvalue weighted by atomic mass is 10.1. The van der Waals surface area contributed by atoms with Gasteiger partial charge in [-0.2, -0.15) is 10.4 Å². The van der Waals surface area contributed by atoms with Crippen LogP contribution in [0.4, 0.5) is 11.4 Å². The molecule has 0 radical (unpaired) electrons. The van der Waals surface area contributed by atoms with Gasteiger partial charge in [-0.25, -0.2) is 4.98 Å². The number of aromatic nitrogens is 3. The van der Waals surface area contributed by atoms with Gasteiger partial charge in [0.15, 0.2) is 0 Å². The molecule has 0 saturated heterocycles. The van der Waals surface area contributed by atoms with E-state index < -0.39 is 0 Å². The van der Waals surface area contributed by atoms with Gasteiger partial charge in [-0.05, 0) is 25.1 Å². The predicted molar refractivity (Wildman–Crippen MR) is 64.0 cm³/mol. The first-order valence-electron chi connectivity index (χ1n) is 5.12. The van der Waals surface area contributed by atoms with Gasteiger partial charge in [-0.1, -0.05) is 0 Å². The van der Waals surface area contributed by atoms with E-state index >= 15 is 0 Å². The molecule has 4 N–H and O–H groups in total. The van der Waals surface area contributed by atoms with Crippen molar-refractivity contribution < 1.29 is 0 Å². The second-order valence-corrected chi connectivity index (χ2v) is 3.65. The molecule has 2 rings (SSSR count). The molecule has 0 saturated carbocycles. The zero-order valence-electron chi connectivity index (χ0n) is 9.31. The molecule has 1 aromatic carbocycles. The van der Waals surface area contributed by atoms with Gasteiger partial charge < -0.3 is 11.1 Å². The molecule has 0 bridgehead atoms. The van der Waals surface area contributed by atoms with E-state index in [9.17, 15) is 0 Å². The van der Waals surface area contributed by atoms with Gasteiger partial charge in [0.05, 0.1) is 29.0 Å². The van der Waals surface area contributed by atoms with Crippen molar-refractivity contribution in [3.63, 3.8) is 0 Å². The van der Waals surface area contributed by atoms with Crippen LogP contribution in [0.1, 0.15) is 24.4 Å². The van der Waals surface area contributed by atoms with Gasteiger partial charge in [-0.3, -0.25) is 5.10 Å². The summed E-state index contributed by atoms with van der Waals surface area (Å²) >= 11 is 0. The Hall–Kier alpha value is -2.55. The Morgan fingerprint density at radius 2 is 2.35 bits per heavy atom. The Morgan fingerprint density at radius 1 is 1.53 bits per heavy atom. The number of nitrogens with zero attached hydrogens (tertiary/aromatic N) is 3. The summed E-state index contributed by atoms with van der Waals surface area (Å²) in [4.78, 5) is 4.05. The molecular formula is C11H12N6. The maximum absolute atomic E-state index is 8.74. The van der Waals surface area contributed by atoms with Crippen molar-refractivity contribution in [1.82, 2.24) is 15.2 Å². The number of rotatable bonds is 3. The summed E-state index contributed by atoms with van der Waals surface area (Å²) in [7, 11) is 0. The highest BCUT2D eigenvalue weighted by molar-refractivity contribution is 5.68. The van der Waals surface area contributed by atoms with Gasteiger partial charge in [0.25, 0.3) is 0 Å². The van der Waals surface area contributed by atoms with E-state index in [0.717, 1.165) is 11.5 Å². The molecule has 1 heterocycles. The summed E-state index contributed by atoms with van der Waals surface area (Å²) in [5, 5.41) is 18.5. The average molecular weight is 228 g/mol. The largest absolute Gasteiger partial charge is 0.397 e. The minimum absolute atomic E-state index is 0.0345. The number of nitrogen functional groups attached to an aromatic ring is 1. The van der Waals surface area contributed by atoms with Gasteiger partial charge in [0.2, 0.25) is 0 Å². The highest BCUT2D eigenvalue weighted by atomic mass is 15.2. The molecule has 0 fully saturated rings. The fourth-order valence-electron chi connectivity index (χ4n) is 1.49. The quantitative estimate of drug-likeness (QED) is 0.689. The third kappa shape index (κ3) is 2.34. The van der Waals surface area contributed by atoms with E-state index in [2.05, 4.69) is 20.5 Å². The van der Waals surface area contributed by atoms with Crippen molar-refractivity contribution in [2.24, 2.45) is 0 Å². The van der Waals surface area contributed by atoms with Gasteiger partial charge >= 0.3 is 0 Å². The summed E-state index contributed by atoms with van der Waals surface area (Å²) in [6.07, 6.45) is 1.45. The molecule has 6 heteroatoms. The van der Waals surface area contributed by atoms with E-state index in [1.165, 1.54) is 6.33 Å². The Balaban J connectivity index is 2.17. The molecule has 0 aliphatic carbocycles. The van der Waals surface area contributed by atoms with E-state index in [4.69, 9.17) is 11.0 Å². The SMILES string of the molecule is CC(Nc1ccc(C#N)cc1N)c1ncn[nH]1. The first kappa shape index (κ1) is 11.0. The maximum Gasteiger partial charge on any atom is 0.146 e. The normalized spacial score (nSPS) is 11.8. The number of nitrogens with one attached hydrogen (secondary N) is 2. The van der Waals surface area contributed by atoms with Crippen molar-refractivity contribution in [2.75, 3.05) is 11.1 Å². The number of aromatic amines is 1. The zero-order chi connectivity index (χ0) is 12.3. The molecule has 0 aliphatic heterocycles. The van der Waals surface area contributed by atoms with Crippen LogP contribution >= 0.6 is 0 Å². The van der Waals surface area contributed by atoms with Crippen molar-refractivity contribution in [1.29, 1.82) is 5.26 Å². The number of benzene rings is 1. The third-order valence-electron chi connectivity index (χ3n) is 2.40. The Bertz CT molecular complexity index is 540. The van der Waals surface area contributed by atoms with Crippen LogP contribution < -0.4 is 11.1 Å². The molecule has 0 amide bonds. The maximum atomic E-state index is 8.74. The number of H-pyrrole nitrogens is 1. The smallest absolute Gasteiger partial charge is 0.146 e. The summed E-state index contributed by atoms with van der Waals surface area (Å²) in [5.41, 5.74) is 7.69. The fourth-order valence-corrected chi connectivity index (χ4v) is 1.49. The molecular weight excluding hydrogens is 216 g/mol. The van der Waals surface area contributed by atoms with Crippen molar-refractivity contribution in [3.8, 4) is 6.07 Å². The van der Waals surface area contributed by atoms with Crippen molar-refractivity contribution >= 4 is 11.4 Å². The summed E-state index contributed by atoms with van der Waals surface area (Å²) in [6.45, 7) is 1.94. The molecule has 17 heavy (non-hydrogen) atoms. The Labute approximate surface area is 98.5 Å². The lowest BCUT2D eigenvalue weighted by Gasteiger charge is -2.14. The van der Waals surface area contributed by atoms with Crippen LogP contribution in [-0.2, 0) is 0 Å². The first-order valence-corrected chi connectivity index (χ1v) is 5.12. The van der Waals surface area contributed by atoms with Crippen LogP contribution in [0.15, 0.2) is 24.5 Å². The minimum atomic E-state index is -0.0345. The minimum Gasteiger partial charge on any atom is -0.397 e. The lowest BCUT2D eigenvalue weighted by molar-refractivity contribution is 0.796. The highest BCUT2D eigenvalue weighted by Crippen LogP contribution is 2.23. The first-order chi connectivity index (χ1) is 8.20. The topological polar surface area (TPSA) is 103 Å². The van der Waals surface area contributed by atoms with Crippen LogP contribution in [-0.4, -0.2) is 15.2 Å². The number of hydrogen-bond donors (Lipinski definition) is 3. The molecule has 0 spiro atoms. The highest BCUT2D eigenvalue weighted by Gasteiger charge is 2.09. The standard InChI is InChI=1S/C11H12N6/c1-7(11-14-6-15-17-11)16-10-3-2-8(5-12)4-9(10)13/h2-4,6-7,16H,13H2,1H3,(H,14,15,17). The number of nitrogens with two attached hydrogens (primary N) is 1. The van der Waals surface area contributed by atoms with E-state index in [0.29, 0.717) is 11.3 Å². The zero-order valence-corrected chi connectivity index (χ0v) is 9.31. The number of nitriles is 1. The molecule has 2 aromatic rings. The van der Waals surface area contributed by atoms with Crippen LogP contribution in [0.3, 0.4) is 0 Å². The Kier molecular flexibility index (Phi) is 2.92. The van der Waals surface area contributed by atoms with Gasteiger partial charge in [0, 0.05) is 0 Å². The second kappa shape index (κ2) is 4.53. The Morgan fingerprint density at radius 3 is 2.94 bits per heavy atom. The number of hydrogen-bond acceptors (Lipinski definition) is 5. The molecule has 0 aliphatic rings. The molecule has 1 aromatic heterocycles. The van der Waals surface area contributed by atoms with Crippen LogP contribution in [0.25, 0.3) is 0 Å². The van der Waals surface area contributed by atoms with Crippen molar-refractivity contribution in [2.45, 2.75) is 13.0 Å². The molecule has 6 nitrogen and oxygen atoms in total. The molecule has 1 atom stereocenters. The van der Waals surface area contributed by atoms with E-state index in [1.54, 1.807) is 18.2 Å². The lowest BCUT2D eigenvalue weighted by Crippen LogP contribution is -2.10. The second-order valence-electron chi connectivity index (χ2n) is 3.65. The van der Waals surface area contributed by atoms with Gasteiger partial charge in [0.1, 0.15) is 12.2 Å².